The van der Waals surface area contributed by atoms with Crippen LogP contribution < -0.4 is 9.80 Å². The Balaban J connectivity index is 0.870. The van der Waals surface area contributed by atoms with Gasteiger partial charge in [-0.3, -0.25) is 24.2 Å². The molecule has 0 bridgehead atoms. The Bertz CT molecular complexity index is 2140. The number of hydrogen-bond donors (Lipinski definition) is 0. The summed E-state index contributed by atoms with van der Waals surface area (Å²) in [6, 6.07) is 38.9. The summed E-state index contributed by atoms with van der Waals surface area (Å²) in [6.45, 7) is 8.17. The Morgan fingerprint density at radius 1 is 0.618 bits per heavy atom. The number of rotatable bonds is 10. The van der Waals surface area contributed by atoms with Gasteiger partial charge in [-0.25, -0.2) is 0 Å². The zero-order chi connectivity index (χ0) is 37.9. The largest absolute Gasteiger partial charge is 0.369 e. The number of amides is 3. The molecule has 3 aliphatic heterocycles. The van der Waals surface area contributed by atoms with Gasteiger partial charge >= 0.3 is 0 Å². The average Bonchev–Trinajstić information content (AvgIpc) is 3.23. The summed E-state index contributed by atoms with van der Waals surface area (Å²) in [7, 11) is 3.86. The summed E-state index contributed by atoms with van der Waals surface area (Å²) in [5, 5.41) is 1.63. The van der Waals surface area contributed by atoms with Crippen molar-refractivity contribution in [2.75, 3.05) is 95.9 Å². The predicted octanol–water partition coefficient (Wildman–Crippen LogP) is 6.21. The van der Waals surface area contributed by atoms with E-state index in [9.17, 15) is 14.4 Å². The van der Waals surface area contributed by atoms with Crippen LogP contribution >= 0.6 is 0 Å². The molecule has 0 radical (unpaired) electrons. The predicted molar refractivity (Wildman–Crippen MR) is 221 cm³/mol. The maximum atomic E-state index is 13.7. The lowest BCUT2D eigenvalue weighted by molar-refractivity contribution is 0.0600. The van der Waals surface area contributed by atoms with Crippen LogP contribution in [0, 0.1) is 0 Å². The van der Waals surface area contributed by atoms with Gasteiger partial charge in [0.1, 0.15) is 0 Å². The molecule has 5 aromatic carbocycles. The van der Waals surface area contributed by atoms with Crippen molar-refractivity contribution in [1.82, 2.24) is 19.6 Å². The maximum Gasteiger partial charge on any atom is 0.261 e. The number of benzene rings is 5. The number of carbonyl (C=O) groups is 3. The molecule has 9 heteroatoms. The van der Waals surface area contributed by atoms with Gasteiger partial charge in [0.15, 0.2) is 0 Å². The Kier molecular flexibility index (Phi) is 10.5. The second-order valence-electron chi connectivity index (χ2n) is 14.9. The van der Waals surface area contributed by atoms with E-state index in [1.807, 2.05) is 66.4 Å². The molecule has 0 saturated carbocycles. The topological polar surface area (TPSA) is 70.7 Å². The second kappa shape index (κ2) is 15.9. The Hall–Kier alpha value is -5.77. The molecule has 3 aliphatic rings. The fourth-order valence-electron chi connectivity index (χ4n) is 8.10. The molecule has 2 saturated heterocycles. The average molecular weight is 733 g/mol. The van der Waals surface area contributed by atoms with E-state index in [1.54, 1.807) is 0 Å². The van der Waals surface area contributed by atoms with Crippen molar-refractivity contribution in [1.29, 1.82) is 0 Å². The number of imide groups is 1. The zero-order valence-electron chi connectivity index (χ0n) is 31.7. The normalized spacial score (nSPS) is 16.3. The van der Waals surface area contributed by atoms with E-state index in [-0.39, 0.29) is 17.7 Å². The van der Waals surface area contributed by atoms with Gasteiger partial charge in [0, 0.05) is 111 Å². The van der Waals surface area contributed by atoms with Crippen LogP contribution in [0.2, 0.25) is 0 Å². The summed E-state index contributed by atoms with van der Waals surface area (Å²) in [4.78, 5) is 53.0. The third kappa shape index (κ3) is 7.50. The van der Waals surface area contributed by atoms with Gasteiger partial charge in [-0.05, 0) is 73.3 Å². The summed E-state index contributed by atoms with van der Waals surface area (Å²) < 4.78 is 0. The first-order valence-electron chi connectivity index (χ1n) is 19.3. The van der Waals surface area contributed by atoms with Gasteiger partial charge in [0.25, 0.3) is 17.7 Å². The van der Waals surface area contributed by atoms with E-state index in [4.69, 9.17) is 0 Å². The van der Waals surface area contributed by atoms with Crippen LogP contribution in [-0.4, -0.2) is 123 Å². The van der Waals surface area contributed by atoms with Gasteiger partial charge in [-0.1, -0.05) is 78.9 Å². The van der Waals surface area contributed by atoms with Crippen LogP contribution in [0.1, 0.15) is 42.2 Å². The molecular formula is C46H48N6O3. The van der Waals surface area contributed by atoms with Crippen molar-refractivity contribution in [3.8, 4) is 0 Å². The van der Waals surface area contributed by atoms with Crippen molar-refractivity contribution in [3.63, 3.8) is 0 Å². The van der Waals surface area contributed by atoms with E-state index in [0.717, 1.165) is 54.9 Å². The molecule has 0 unspecified atom stereocenters. The molecule has 2 fully saturated rings. The van der Waals surface area contributed by atoms with Crippen LogP contribution in [0.3, 0.4) is 0 Å². The minimum Gasteiger partial charge on any atom is -0.369 e. The highest BCUT2D eigenvalue weighted by Gasteiger charge is 2.34. The molecule has 0 spiro atoms. The third-order valence-corrected chi connectivity index (χ3v) is 11.2. The van der Waals surface area contributed by atoms with E-state index in [1.165, 1.54) is 21.6 Å². The van der Waals surface area contributed by atoms with Crippen molar-refractivity contribution < 1.29 is 14.4 Å². The molecule has 3 amide bonds. The Labute approximate surface area is 323 Å². The van der Waals surface area contributed by atoms with E-state index in [0.29, 0.717) is 56.0 Å². The first-order valence-corrected chi connectivity index (χ1v) is 19.3. The van der Waals surface area contributed by atoms with Crippen molar-refractivity contribution in [2.24, 2.45) is 0 Å². The zero-order valence-corrected chi connectivity index (χ0v) is 31.7. The van der Waals surface area contributed by atoms with Crippen LogP contribution in [0.4, 0.5) is 11.4 Å². The highest BCUT2D eigenvalue weighted by molar-refractivity contribution is 6.26. The van der Waals surface area contributed by atoms with Crippen LogP contribution in [0.5, 0.6) is 0 Å². The number of likely N-dealkylation sites (N-methyl/N-ethyl adjacent to an activating group) is 1. The fourth-order valence-corrected chi connectivity index (χ4v) is 8.10. The first-order chi connectivity index (χ1) is 26.9. The van der Waals surface area contributed by atoms with Gasteiger partial charge in [0.05, 0.1) is 0 Å². The number of carbonyl (C=O) groups excluding carboxylic acids is 3. The third-order valence-electron chi connectivity index (χ3n) is 11.2. The molecule has 0 N–H and O–H groups in total. The fraction of sp³-hybridized carbons (Fsp3) is 0.283. The quantitative estimate of drug-likeness (QED) is 0.158. The smallest absolute Gasteiger partial charge is 0.261 e. The molecule has 0 atom stereocenters. The standard InChI is InChI=1S/C46H48N6O3/c1-47(2)24-33-52-45(54)40-15-9-14-39-42(21-20-41(43(39)40)46(52)55)50-29-31-51(32-30-50)44(53)36-16-18-37(19-17-36)49-27-25-48(26-28-49)23-22-38(34-10-5-3-6-11-34)35-12-7-4-8-13-35/h3-22H,23-33H2,1-2H3. The molecular weight excluding hydrogens is 685 g/mol. The Morgan fingerprint density at radius 2 is 1.22 bits per heavy atom. The van der Waals surface area contributed by atoms with Gasteiger partial charge in [-0.15, -0.1) is 0 Å². The molecule has 280 valence electrons. The summed E-state index contributed by atoms with van der Waals surface area (Å²) in [5.41, 5.74) is 7.71. The molecule has 0 aromatic heterocycles. The van der Waals surface area contributed by atoms with Crippen LogP contribution in [0.15, 0.2) is 121 Å². The lowest BCUT2D eigenvalue weighted by atomic mass is 9.92. The SMILES string of the molecule is CN(C)CCN1C(=O)c2cccc3c(N4CCN(C(=O)c5ccc(N6CCN(CC=C(c7ccccc7)c7ccccc7)CC6)cc5)CC4)ccc(c23)C1=O. The Morgan fingerprint density at radius 3 is 1.84 bits per heavy atom. The van der Waals surface area contributed by atoms with Gasteiger partial charge < -0.3 is 19.6 Å². The summed E-state index contributed by atoms with van der Waals surface area (Å²) in [6.07, 6.45) is 2.36. The summed E-state index contributed by atoms with van der Waals surface area (Å²) in [5.74, 6) is -0.438. The lowest BCUT2D eigenvalue weighted by Crippen LogP contribution is -2.49. The van der Waals surface area contributed by atoms with E-state index >= 15 is 0 Å². The molecule has 0 aliphatic carbocycles. The first kappa shape index (κ1) is 36.2. The van der Waals surface area contributed by atoms with Crippen molar-refractivity contribution in [3.05, 3.63) is 149 Å². The summed E-state index contributed by atoms with van der Waals surface area (Å²) >= 11 is 0. The molecule has 5 aromatic rings. The minimum atomic E-state index is -0.240. The lowest BCUT2D eigenvalue weighted by Gasteiger charge is -2.37. The molecule has 8 rings (SSSR count). The highest BCUT2D eigenvalue weighted by Crippen LogP contribution is 2.36. The van der Waals surface area contributed by atoms with Crippen molar-refractivity contribution >= 4 is 45.4 Å². The highest BCUT2D eigenvalue weighted by atomic mass is 16.2. The van der Waals surface area contributed by atoms with Gasteiger partial charge in [0.2, 0.25) is 0 Å². The second-order valence-corrected chi connectivity index (χ2v) is 14.9. The minimum absolute atomic E-state index is 0.0429. The monoisotopic (exact) mass is 732 g/mol. The number of piperazine rings is 2. The molecule has 3 heterocycles. The van der Waals surface area contributed by atoms with Crippen LogP contribution in [0.25, 0.3) is 16.3 Å². The number of nitrogens with zero attached hydrogens (tertiary/aromatic N) is 6. The van der Waals surface area contributed by atoms with E-state index in [2.05, 4.69) is 93.6 Å². The van der Waals surface area contributed by atoms with Gasteiger partial charge in [-0.2, -0.15) is 0 Å². The maximum absolute atomic E-state index is 13.7. The molecule has 9 nitrogen and oxygen atoms in total. The van der Waals surface area contributed by atoms with Crippen molar-refractivity contribution in [2.45, 2.75) is 0 Å². The number of anilines is 2. The van der Waals surface area contributed by atoms with E-state index < -0.39 is 0 Å². The molecule has 55 heavy (non-hydrogen) atoms. The van der Waals surface area contributed by atoms with Crippen LogP contribution in [-0.2, 0) is 0 Å². The number of hydrogen-bond acceptors (Lipinski definition) is 7.